The van der Waals surface area contributed by atoms with Crippen molar-refractivity contribution in [1.82, 2.24) is 4.72 Å². The lowest BCUT2D eigenvalue weighted by atomic mass is 10.2. The predicted molar refractivity (Wildman–Crippen MR) is 68.6 cm³/mol. The summed E-state index contributed by atoms with van der Waals surface area (Å²) in [5, 5.41) is 8.94. The van der Waals surface area contributed by atoms with E-state index >= 15 is 0 Å². The summed E-state index contributed by atoms with van der Waals surface area (Å²) in [6, 6.07) is 6.21. The molecule has 0 spiro atoms. The molecule has 0 aromatic heterocycles. The number of ether oxygens (including phenoxy) is 1. The molecule has 1 aromatic rings. The zero-order chi connectivity index (χ0) is 13.6. The molecule has 0 saturated heterocycles. The average Bonchev–Trinajstić information content (AvgIpc) is 2.32. The molecular formula is C10H12ClN3O3S. The minimum absolute atomic E-state index is 0.140. The molecule has 0 saturated carbocycles. The summed E-state index contributed by atoms with van der Waals surface area (Å²) >= 11 is 5.83. The third-order valence-electron chi connectivity index (χ3n) is 1.94. The van der Waals surface area contributed by atoms with E-state index in [-0.39, 0.29) is 23.9 Å². The standard InChI is InChI=1S/C10H12ClN3O3S/c1-17-5-4-13-18(15,16)14-10-6-8(7-12)2-3-9(10)11/h2-3,6,13-14H,4-5H2,1H3. The van der Waals surface area contributed by atoms with Gasteiger partial charge in [0.15, 0.2) is 0 Å². The Labute approximate surface area is 111 Å². The van der Waals surface area contributed by atoms with Gasteiger partial charge in [0.05, 0.1) is 28.9 Å². The van der Waals surface area contributed by atoms with E-state index in [0.717, 1.165) is 0 Å². The largest absolute Gasteiger partial charge is 0.383 e. The lowest BCUT2D eigenvalue weighted by molar-refractivity contribution is 0.204. The number of hydrogen-bond acceptors (Lipinski definition) is 4. The van der Waals surface area contributed by atoms with Crippen LogP contribution < -0.4 is 9.44 Å². The fraction of sp³-hybridized carbons (Fsp3) is 0.300. The normalized spacial score (nSPS) is 10.9. The molecular weight excluding hydrogens is 278 g/mol. The Balaban J connectivity index is 2.81. The van der Waals surface area contributed by atoms with E-state index < -0.39 is 10.2 Å². The van der Waals surface area contributed by atoms with Crippen LogP contribution in [-0.2, 0) is 14.9 Å². The first-order valence-corrected chi connectivity index (χ1v) is 6.80. The smallest absolute Gasteiger partial charge is 0.299 e. The van der Waals surface area contributed by atoms with Gasteiger partial charge in [0.25, 0.3) is 10.2 Å². The van der Waals surface area contributed by atoms with Crippen molar-refractivity contribution >= 4 is 27.5 Å². The minimum atomic E-state index is -3.73. The van der Waals surface area contributed by atoms with Crippen LogP contribution in [-0.4, -0.2) is 28.7 Å². The highest BCUT2D eigenvalue weighted by Crippen LogP contribution is 2.23. The fourth-order valence-corrected chi connectivity index (χ4v) is 2.24. The second kappa shape index (κ2) is 6.56. The quantitative estimate of drug-likeness (QED) is 0.767. The number of halogens is 1. The van der Waals surface area contributed by atoms with Crippen molar-refractivity contribution in [2.75, 3.05) is 25.0 Å². The van der Waals surface area contributed by atoms with Crippen molar-refractivity contribution in [3.05, 3.63) is 28.8 Å². The first-order valence-electron chi connectivity index (χ1n) is 4.94. The monoisotopic (exact) mass is 289 g/mol. The maximum atomic E-state index is 11.6. The van der Waals surface area contributed by atoms with Crippen LogP contribution in [0.15, 0.2) is 18.2 Å². The van der Waals surface area contributed by atoms with Gasteiger partial charge in [-0.05, 0) is 18.2 Å². The van der Waals surface area contributed by atoms with Gasteiger partial charge in [0.2, 0.25) is 0 Å². The van der Waals surface area contributed by atoms with Crippen LogP contribution in [0.2, 0.25) is 5.02 Å². The summed E-state index contributed by atoms with van der Waals surface area (Å²) < 4.78 is 32.4. The van der Waals surface area contributed by atoms with Gasteiger partial charge in [-0.15, -0.1) is 0 Å². The third kappa shape index (κ3) is 4.50. The second-order valence-corrected chi connectivity index (χ2v) is 5.21. The fourth-order valence-electron chi connectivity index (χ4n) is 1.13. The molecule has 18 heavy (non-hydrogen) atoms. The summed E-state index contributed by atoms with van der Waals surface area (Å²) in [4.78, 5) is 0. The zero-order valence-corrected chi connectivity index (χ0v) is 11.2. The first kappa shape index (κ1) is 14.7. The maximum absolute atomic E-state index is 11.6. The number of anilines is 1. The molecule has 0 bridgehead atoms. The van der Waals surface area contributed by atoms with Gasteiger partial charge in [0.1, 0.15) is 0 Å². The minimum Gasteiger partial charge on any atom is -0.383 e. The SMILES string of the molecule is COCCNS(=O)(=O)Nc1cc(C#N)ccc1Cl. The number of methoxy groups -OCH3 is 1. The molecule has 1 aromatic carbocycles. The van der Waals surface area contributed by atoms with Crippen molar-refractivity contribution < 1.29 is 13.2 Å². The van der Waals surface area contributed by atoms with Crippen molar-refractivity contribution in [3.8, 4) is 6.07 Å². The first-order chi connectivity index (χ1) is 8.48. The molecule has 8 heteroatoms. The van der Waals surface area contributed by atoms with Crippen molar-refractivity contribution in [2.45, 2.75) is 0 Å². The van der Waals surface area contributed by atoms with Crippen LogP contribution >= 0.6 is 11.6 Å². The average molecular weight is 290 g/mol. The molecule has 0 aliphatic carbocycles. The number of benzene rings is 1. The zero-order valence-electron chi connectivity index (χ0n) is 9.60. The highest BCUT2D eigenvalue weighted by Gasteiger charge is 2.11. The number of nitriles is 1. The molecule has 98 valence electrons. The molecule has 0 unspecified atom stereocenters. The molecule has 0 radical (unpaired) electrons. The summed E-state index contributed by atoms with van der Waals surface area (Å²) in [5.41, 5.74) is 0.467. The van der Waals surface area contributed by atoms with Crippen molar-refractivity contribution in [1.29, 1.82) is 5.26 Å². The molecule has 0 amide bonds. The van der Waals surface area contributed by atoms with Gasteiger partial charge in [-0.3, -0.25) is 4.72 Å². The molecule has 0 atom stereocenters. The van der Waals surface area contributed by atoms with E-state index in [1.807, 2.05) is 6.07 Å². The van der Waals surface area contributed by atoms with Crippen LogP contribution in [0.1, 0.15) is 5.56 Å². The van der Waals surface area contributed by atoms with Crippen molar-refractivity contribution in [2.24, 2.45) is 0 Å². The molecule has 0 aliphatic heterocycles. The number of hydrogen-bond donors (Lipinski definition) is 2. The molecule has 0 heterocycles. The van der Waals surface area contributed by atoms with Gasteiger partial charge in [-0.25, -0.2) is 0 Å². The third-order valence-corrected chi connectivity index (χ3v) is 3.34. The Morgan fingerprint density at radius 3 is 2.83 bits per heavy atom. The van der Waals surface area contributed by atoms with E-state index in [1.165, 1.54) is 25.3 Å². The summed E-state index contributed by atoms with van der Waals surface area (Å²) in [6.07, 6.45) is 0. The van der Waals surface area contributed by atoms with Crippen LogP contribution in [0.25, 0.3) is 0 Å². The Morgan fingerprint density at radius 2 is 2.22 bits per heavy atom. The Bertz CT molecular complexity index is 554. The van der Waals surface area contributed by atoms with E-state index in [2.05, 4.69) is 9.44 Å². The van der Waals surface area contributed by atoms with E-state index in [0.29, 0.717) is 5.56 Å². The Kier molecular flexibility index (Phi) is 5.37. The molecule has 0 aliphatic rings. The van der Waals surface area contributed by atoms with E-state index in [9.17, 15) is 8.42 Å². The van der Waals surface area contributed by atoms with Gasteiger partial charge in [-0.1, -0.05) is 11.6 Å². The van der Waals surface area contributed by atoms with Gasteiger partial charge < -0.3 is 4.74 Å². The van der Waals surface area contributed by atoms with Gasteiger partial charge >= 0.3 is 0 Å². The lowest BCUT2D eigenvalue weighted by Crippen LogP contribution is -2.32. The number of nitrogens with one attached hydrogen (secondary N) is 2. The lowest BCUT2D eigenvalue weighted by Gasteiger charge is -2.10. The van der Waals surface area contributed by atoms with Crippen LogP contribution in [0.3, 0.4) is 0 Å². The van der Waals surface area contributed by atoms with E-state index in [1.54, 1.807) is 0 Å². The van der Waals surface area contributed by atoms with Crippen LogP contribution in [0.4, 0.5) is 5.69 Å². The topological polar surface area (TPSA) is 91.2 Å². The molecule has 2 N–H and O–H groups in total. The maximum Gasteiger partial charge on any atom is 0.299 e. The van der Waals surface area contributed by atoms with E-state index in [4.69, 9.17) is 21.6 Å². The molecule has 0 fully saturated rings. The van der Waals surface area contributed by atoms with Crippen LogP contribution in [0.5, 0.6) is 0 Å². The summed E-state index contributed by atoms with van der Waals surface area (Å²) in [7, 11) is -2.26. The summed E-state index contributed by atoms with van der Waals surface area (Å²) in [6.45, 7) is 0.397. The van der Waals surface area contributed by atoms with Gasteiger partial charge in [-0.2, -0.15) is 18.4 Å². The van der Waals surface area contributed by atoms with Crippen molar-refractivity contribution in [3.63, 3.8) is 0 Å². The number of rotatable bonds is 6. The summed E-state index contributed by atoms with van der Waals surface area (Å²) in [5.74, 6) is 0. The molecule has 1 rings (SSSR count). The predicted octanol–water partition coefficient (Wildman–Crippen LogP) is 1.10. The Morgan fingerprint density at radius 1 is 1.50 bits per heavy atom. The van der Waals surface area contributed by atoms with Crippen LogP contribution in [0, 0.1) is 11.3 Å². The highest BCUT2D eigenvalue weighted by molar-refractivity contribution is 7.90. The second-order valence-electron chi connectivity index (χ2n) is 3.30. The Hall–Kier alpha value is -1.33. The van der Waals surface area contributed by atoms with Gasteiger partial charge in [0, 0.05) is 13.7 Å². The highest BCUT2D eigenvalue weighted by atomic mass is 35.5. The number of nitrogens with zero attached hydrogens (tertiary/aromatic N) is 1. The molecule has 6 nitrogen and oxygen atoms in total.